The molecule has 0 aliphatic rings. The summed E-state index contributed by atoms with van der Waals surface area (Å²) in [5.74, 6) is -0.486. The number of hydrogen-bond donors (Lipinski definition) is 0. The highest BCUT2D eigenvalue weighted by molar-refractivity contribution is 6.30. The number of ether oxygens (including phenoxy) is 1. The maximum absolute atomic E-state index is 13.7. The number of Topliss-reactive ketones (excluding diaryl/α,β-unsaturated/α-hetero) is 1. The molecule has 0 spiro atoms. The number of hydrogen-bond acceptors (Lipinski definition) is 2. The van der Waals surface area contributed by atoms with E-state index in [1.54, 1.807) is 42.5 Å². The summed E-state index contributed by atoms with van der Waals surface area (Å²) < 4.78 is 19.0. The minimum Gasteiger partial charge on any atom is -0.376 e. The number of ketones is 1. The third-order valence-electron chi connectivity index (χ3n) is 3.07. The highest BCUT2D eigenvalue weighted by Gasteiger charge is 2.19. The molecule has 0 N–H and O–H groups in total. The van der Waals surface area contributed by atoms with Gasteiger partial charge in [0.1, 0.15) is 5.82 Å². The predicted octanol–water partition coefficient (Wildman–Crippen LogP) is 4.44. The number of halogens is 2. The summed E-state index contributed by atoms with van der Waals surface area (Å²) in [6.45, 7) is 0. The van der Waals surface area contributed by atoms with Gasteiger partial charge in [-0.25, -0.2) is 4.39 Å². The first-order chi connectivity index (χ1) is 9.61. The van der Waals surface area contributed by atoms with E-state index < -0.39 is 6.10 Å². The Balaban J connectivity index is 2.16. The zero-order chi connectivity index (χ0) is 14.5. The van der Waals surface area contributed by atoms with Gasteiger partial charge in [-0.15, -0.1) is 0 Å². The Labute approximate surface area is 122 Å². The van der Waals surface area contributed by atoms with E-state index in [-0.39, 0.29) is 18.0 Å². The van der Waals surface area contributed by atoms with Gasteiger partial charge >= 0.3 is 0 Å². The van der Waals surface area contributed by atoms with Gasteiger partial charge in [0.15, 0.2) is 5.78 Å². The molecule has 104 valence electrons. The van der Waals surface area contributed by atoms with E-state index in [1.165, 1.54) is 13.2 Å². The van der Waals surface area contributed by atoms with E-state index in [1.807, 2.05) is 0 Å². The van der Waals surface area contributed by atoms with Crippen molar-refractivity contribution in [2.45, 2.75) is 12.5 Å². The number of methoxy groups -OCH3 is 1. The van der Waals surface area contributed by atoms with Crippen LogP contribution >= 0.6 is 11.6 Å². The lowest BCUT2D eigenvalue weighted by Crippen LogP contribution is -2.10. The van der Waals surface area contributed by atoms with Gasteiger partial charge in [0.05, 0.1) is 6.10 Å². The van der Waals surface area contributed by atoms with Gasteiger partial charge < -0.3 is 4.74 Å². The van der Waals surface area contributed by atoms with Crippen LogP contribution in [0.15, 0.2) is 48.5 Å². The molecule has 0 saturated heterocycles. The van der Waals surface area contributed by atoms with Crippen molar-refractivity contribution in [2.24, 2.45) is 0 Å². The lowest BCUT2D eigenvalue weighted by atomic mass is 10.00. The Kier molecular flexibility index (Phi) is 4.88. The van der Waals surface area contributed by atoms with Crippen molar-refractivity contribution >= 4 is 17.4 Å². The van der Waals surface area contributed by atoms with Crippen LogP contribution in [0.3, 0.4) is 0 Å². The van der Waals surface area contributed by atoms with Gasteiger partial charge in [-0.2, -0.15) is 0 Å². The number of rotatable bonds is 5. The van der Waals surface area contributed by atoms with Crippen LogP contribution in [0.4, 0.5) is 4.39 Å². The molecule has 0 aliphatic heterocycles. The Hall–Kier alpha value is -1.71. The molecule has 2 nitrogen and oxygen atoms in total. The molecule has 0 aliphatic carbocycles. The van der Waals surface area contributed by atoms with Gasteiger partial charge in [0.2, 0.25) is 0 Å². The fourth-order valence-electron chi connectivity index (χ4n) is 1.98. The molecule has 20 heavy (non-hydrogen) atoms. The Morgan fingerprint density at radius 1 is 1.20 bits per heavy atom. The average molecular weight is 293 g/mol. The van der Waals surface area contributed by atoms with E-state index in [0.29, 0.717) is 16.1 Å². The highest BCUT2D eigenvalue weighted by Crippen LogP contribution is 2.25. The lowest BCUT2D eigenvalue weighted by Gasteiger charge is -2.15. The van der Waals surface area contributed by atoms with E-state index in [9.17, 15) is 9.18 Å². The Morgan fingerprint density at radius 2 is 1.85 bits per heavy atom. The summed E-state index contributed by atoms with van der Waals surface area (Å²) in [5.41, 5.74) is 0.921. The van der Waals surface area contributed by atoms with Gasteiger partial charge in [0, 0.05) is 29.7 Å². The zero-order valence-corrected chi connectivity index (χ0v) is 11.7. The smallest absolute Gasteiger partial charge is 0.165 e. The Morgan fingerprint density at radius 3 is 2.45 bits per heavy atom. The largest absolute Gasteiger partial charge is 0.376 e. The zero-order valence-electron chi connectivity index (χ0n) is 11.0. The van der Waals surface area contributed by atoms with Gasteiger partial charge in [-0.3, -0.25) is 4.79 Å². The molecular weight excluding hydrogens is 279 g/mol. The van der Waals surface area contributed by atoms with Gasteiger partial charge in [-0.05, 0) is 30.3 Å². The second-order valence-electron chi connectivity index (χ2n) is 4.38. The standard InChI is InChI=1S/C16H14ClFO2/c1-20-16(13-4-2-3-5-14(13)18)10-15(19)11-6-8-12(17)9-7-11/h2-9,16H,10H2,1H3. The maximum atomic E-state index is 13.7. The molecule has 0 fully saturated rings. The van der Waals surface area contributed by atoms with Crippen LogP contribution in [0.1, 0.15) is 28.4 Å². The molecule has 2 aromatic rings. The molecule has 0 bridgehead atoms. The fourth-order valence-corrected chi connectivity index (χ4v) is 2.10. The Bertz CT molecular complexity index is 596. The van der Waals surface area contributed by atoms with Crippen LogP contribution in [0.5, 0.6) is 0 Å². The molecule has 1 unspecified atom stereocenters. The first kappa shape index (κ1) is 14.7. The number of carbonyl (C=O) groups excluding carboxylic acids is 1. The van der Waals surface area contributed by atoms with Crippen molar-refractivity contribution in [3.63, 3.8) is 0 Å². The minimum atomic E-state index is -0.598. The fraction of sp³-hybridized carbons (Fsp3) is 0.188. The predicted molar refractivity (Wildman–Crippen MR) is 76.5 cm³/mol. The quantitative estimate of drug-likeness (QED) is 0.762. The van der Waals surface area contributed by atoms with E-state index >= 15 is 0 Å². The van der Waals surface area contributed by atoms with Crippen LogP contribution in [0.2, 0.25) is 5.02 Å². The average Bonchev–Trinajstić information content (AvgIpc) is 2.46. The third-order valence-corrected chi connectivity index (χ3v) is 3.33. The van der Waals surface area contributed by atoms with Crippen LogP contribution in [0, 0.1) is 5.82 Å². The summed E-state index contributed by atoms with van der Waals surface area (Å²) >= 11 is 5.78. The number of benzene rings is 2. The molecule has 0 amide bonds. The molecule has 0 heterocycles. The van der Waals surface area contributed by atoms with Crippen LogP contribution < -0.4 is 0 Å². The highest BCUT2D eigenvalue weighted by atomic mass is 35.5. The second kappa shape index (κ2) is 6.64. The second-order valence-corrected chi connectivity index (χ2v) is 4.82. The summed E-state index contributed by atoms with van der Waals surface area (Å²) in [5, 5.41) is 0.568. The summed E-state index contributed by atoms with van der Waals surface area (Å²) in [7, 11) is 1.46. The monoisotopic (exact) mass is 292 g/mol. The maximum Gasteiger partial charge on any atom is 0.165 e. The molecule has 1 atom stereocenters. The molecular formula is C16H14ClFO2. The van der Waals surface area contributed by atoms with Crippen molar-refractivity contribution in [2.75, 3.05) is 7.11 Å². The summed E-state index contributed by atoms with van der Waals surface area (Å²) in [6.07, 6.45) is -0.515. The molecule has 0 saturated carbocycles. The third kappa shape index (κ3) is 3.44. The summed E-state index contributed by atoms with van der Waals surface area (Å²) in [4.78, 5) is 12.2. The van der Waals surface area contributed by atoms with E-state index in [4.69, 9.17) is 16.3 Å². The van der Waals surface area contributed by atoms with Crippen LogP contribution in [0.25, 0.3) is 0 Å². The molecule has 2 rings (SSSR count). The van der Waals surface area contributed by atoms with E-state index in [0.717, 1.165) is 0 Å². The normalized spacial score (nSPS) is 12.2. The molecule has 2 aromatic carbocycles. The van der Waals surface area contributed by atoms with Crippen LogP contribution in [-0.2, 0) is 4.74 Å². The van der Waals surface area contributed by atoms with Crippen LogP contribution in [-0.4, -0.2) is 12.9 Å². The topological polar surface area (TPSA) is 26.3 Å². The lowest BCUT2D eigenvalue weighted by molar-refractivity contribution is 0.0717. The first-order valence-corrected chi connectivity index (χ1v) is 6.55. The minimum absolute atomic E-state index is 0.0824. The van der Waals surface area contributed by atoms with Gasteiger partial charge in [0.25, 0.3) is 0 Å². The SMILES string of the molecule is COC(CC(=O)c1ccc(Cl)cc1)c1ccccc1F. The summed E-state index contributed by atoms with van der Waals surface area (Å²) in [6, 6.07) is 12.9. The van der Waals surface area contributed by atoms with Gasteiger partial charge in [-0.1, -0.05) is 29.8 Å². The van der Waals surface area contributed by atoms with Crippen molar-refractivity contribution < 1.29 is 13.9 Å². The van der Waals surface area contributed by atoms with Crippen molar-refractivity contribution in [1.29, 1.82) is 0 Å². The molecule has 4 heteroatoms. The molecule has 0 radical (unpaired) electrons. The molecule has 0 aromatic heterocycles. The van der Waals surface area contributed by atoms with E-state index in [2.05, 4.69) is 0 Å². The number of carbonyl (C=O) groups is 1. The first-order valence-electron chi connectivity index (χ1n) is 6.18. The van der Waals surface area contributed by atoms with Crippen molar-refractivity contribution in [3.05, 3.63) is 70.5 Å². The van der Waals surface area contributed by atoms with Crippen molar-refractivity contribution in [3.8, 4) is 0 Å². The van der Waals surface area contributed by atoms with Crippen molar-refractivity contribution in [1.82, 2.24) is 0 Å².